The first-order valence-corrected chi connectivity index (χ1v) is 9.02. The van der Waals surface area contributed by atoms with Crippen LogP contribution in [0.4, 0.5) is 0 Å². The molecule has 0 bridgehead atoms. The van der Waals surface area contributed by atoms with Gasteiger partial charge < -0.3 is 14.1 Å². The third kappa shape index (κ3) is 3.69. The Morgan fingerprint density at radius 3 is 2.96 bits per heavy atom. The van der Waals surface area contributed by atoms with Crippen LogP contribution in [0.2, 0.25) is 0 Å². The highest BCUT2D eigenvalue weighted by molar-refractivity contribution is 5.78. The SMILES string of the molecule is Cc1ncoc1-c1n[nH]c([C@H]2CCCCN2C(=O)COc2ccccc2)n1. The number of aromatic amines is 1. The Hall–Kier alpha value is -3.16. The van der Waals surface area contributed by atoms with Crippen LogP contribution >= 0.6 is 0 Å². The van der Waals surface area contributed by atoms with Gasteiger partial charge in [-0.25, -0.2) is 9.97 Å². The van der Waals surface area contributed by atoms with E-state index in [1.807, 2.05) is 42.2 Å². The summed E-state index contributed by atoms with van der Waals surface area (Å²) in [6, 6.07) is 9.20. The van der Waals surface area contributed by atoms with E-state index in [1.165, 1.54) is 6.39 Å². The fourth-order valence-electron chi connectivity index (χ4n) is 3.30. The average molecular weight is 367 g/mol. The molecule has 3 aromatic rings. The fourth-order valence-corrected chi connectivity index (χ4v) is 3.30. The molecule has 4 rings (SSSR count). The zero-order valence-corrected chi connectivity index (χ0v) is 15.1. The van der Waals surface area contributed by atoms with Crippen molar-refractivity contribution in [3.05, 3.63) is 48.2 Å². The molecule has 1 N–H and O–H groups in total. The number of benzene rings is 1. The van der Waals surface area contributed by atoms with Crippen LogP contribution in [0.25, 0.3) is 11.6 Å². The molecule has 1 saturated heterocycles. The smallest absolute Gasteiger partial charge is 0.261 e. The Morgan fingerprint density at radius 2 is 2.19 bits per heavy atom. The number of oxazole rings is 1. The molecule has 3 heterocycles. The molecule has 8 heteroatoms. The molecule has 0 spiro atoms. The summed E-state index contributed by atoms with van der Waals surface area (Å²) >= 11 is 0. The Bertz CT molecular complexity index is 905. The summed E-state index contributed by atoms with van der Waals surface area (Å²) in [6.45, 7) is 2.52. The summed E-state index contributed by atoms with van der Waals surface area (Å²) < 4.78 is 11.0. The third-order valence-corrected chi connectivity index (χ3v) is 4.70. The molecule has 27 heavy (non-hydrogen) atoms. The molecule has 0 aliphatic carbocycles. The predicted molar refractivity (Wildman–Crippen MR) is 96.9 cm³/mol. The number of hydrogen-bond acceptors (Lipinski definition) is 6. The number of H-pyrrole nitrogens is 1. The third-order valence-electron chi connectivity index (χ3n) is 4.70. The van der Waals surface area contributed by atoms with E-state index < -0.39 is 0 Å². The van der Waals surface area contributed by atoms with Crippen LogP contribution < -0.4 is 4.74 Å². The zero-order valence-electron chi connectivity index (χ0n) is 15.1. The lowest BCUT2D eigenvalue weighted by atomic mass is 10.0. The molecule has 1 aliphatic heterocycles. The quantitative estimate of drug-likeness (QED) is 0.745. The molecule has 1 fully saturated rings. The number of hydrogen-bond donors (Lipinski definition) is 1. The number of carbonyl (C=O) groups excluding carboxylic acids is 1. The summed E-state index contributed by atoms with van der Waals surface area (Å²) in [4.78, 5) is 23.2. The van der Waals surface area contributed by atoms with E-state index in [9.17, 15) is 4.79 Å². The number of amides is 1. The van der Waals surface area contributed by atoms with Crippen LogP contribution in [0.15, 0.2) is 41.1 Å². The minimum atomic E-state index is -0.143. The first kappa shape index (κ1) is 17.3. The van der Waals surface area contributed by atoms with E-state index in [2.05, 4.69) is 20.2 Å². The molecule has 1 amide bonds. The van der Waals surface area contributed by atoms with Crippen molar-refractivity contribution in [3.63, 3.8) is 0 Å². The van der Waals surface area contributed by atoms with Crippen molar-refractivity contribution < 1.29 is 13.9 Å². The van der Waals surface area contributed by atoms with Crippen molar-refractivity contribution in [2.24, 2.45) is 0 Å². The van der Waals surface area contributed by atoms with Crippen molar-refractivity contribution in [1.82, 2.24) is 25.1 Å². The highest BCUT2D eigenvalue weighted by Gasteiger charge is 2.31. The van der Waals surface area contributed by atoms with Gasteiger partial charge in [0.15, 0.2) is 18.8 Å². The van der Waals surface area contributed by atoms with Gasteiger partial charge in [-0.05, 0) is 38.3 Å². The van der Waals surface area contributed by atoms with Gasteiger partial charge in [-0.1, -0.05) is 18.2 Å². The second-order valence-electron chi connectivity index (χ2n) is 6.51. The number of likely N-dealkylation sites (tertiary alicyclic amines) is 1. The maximum Gasteiger partial charge on any atom is 0.261 e. The predicted octanol–water partition coefficient (Wildman–Crippen LogP) is 2.90. The number of piperidine rings is 1. The number of aryl methyl sites for hydroxylation is 1. The van der Waals surface area contributed by atoms with Crippen LogP contribution in [0.3, 0.4) is 0 Å². The minimum absolute atomic E-state index is 0.00270. The Balaban J connectivity index is 1.48. The Morgan fingerprint density at radius 1 is 1.33 bits per heavy atom. The van der Waals surface area contributed by atoms with Crippen LogP contribution in [0.1, 0.15) is 36.8 Å². The monoisotopic (exact) mass is 367 g/mol. The van der Waals surface area contributed by atoms with Gasteiger partial charge >= 0.3 is 0 Å². The van der Waals surface area contributed by atoms with Gasteiger partial charge in [-0.3, -0.25) is 9.89 Å². The van der Waals surface area contributed by atoms with Crippen LogP contribution in [0.5, 0.6) is 5.75 Å². The van der Waals surface area contributed by atoms with E-state index in [4.69, 9.17) is 9.15 Å². The number of nitrogens with one attached hydrogen (secondary N) is 1. The van der Waals surface area contributed by atoms with Crippen LogP contribution in [-0.2, 0) is 4.79 Å². The van der Waals surface area contributed by atoms with Gasteiger partial charge in [-0.2, -0.15) is 0 Å². The molecule has 140 valence electrons. The molecular weight excluding hydrogens is 346 g/mol. The van der Waals surface area contributed by atoms with E-state index in [0.717, 1.165) is 25.0 Å². The number of aromatic nitrogens is 4. The summed E-state index contributed by atoms with van der Waals surface area (Å²) in [5.41, 5.74) is 0.730. The summed E-state index contributed by atoms with van der Waals surface area (Å²) in [5.74, 6) is 2.28. The summed E-state index contributed by atoms with van der Waals surface area (Å²) in [7, 11) is 0. The highest BCUT2D eigenvalue weighted by atomic mass is 16.5. The fraction of sp³-hybridized carbons (Fsp3) is 0.368. The lowest BCUT2D eigenvalue weighted by Crippen LogP contribution is -2.41. The van der Waals surface area contributed by atoms with Gasteiger partial charge in [0, 0.05) is 6.54 Å². The Labute approximate surface area is 156 Å². The van der Waals surface area contributed by atoms with Gasteiger partial charge in [-0.15, -0.1) is 5.10 Å². The van der Waals surface area contributed by atoms with Crippen molar-refractivity contribution in [3.8, 4) is 17.3 Å². The van der Waals surface area contributed by atoms with Crippen molar-refractivity contribution >= 4 is 5.91 Å². The standard InChI is InChI=1S/C19H21N5O3/c1-13-17(27-12-20-13)19-21-18(22-23-19)15-9-5-6-10-24(15)16(25)11-26-14-7-3-2-4-8-14/h2-4,7-8,12,15H,5-6,9-11H2,1H3,(H,21,22,23)/t15-/m1/s1. The second kappa shape index (κ2) is 7.61. The van der Waals surface area contributed by atoms with Crippen LogP contribution in [-0.4, -0.2) is 44.1 Å². The molecular formula is C19H21N5O3. The molecule has 1 aromatic carbocycles. The lowest BCUT2D eigenvalue weighted by Gasteiger charge is -2.34. The molecule has 1 atom stereocenters. The summed E-state index contributed by atoms with van der Waals surface area (Å²) in [6.07, 6.45) is 4.21. The molecule has 0 radical (unpaired) electrons. The van der Waals surface area contributed by atoms with Crippen molar-refractivity contribution in [1.29, 1.82) is 0 Å². The van der Waals surface area contributed by atoms with Crippen molar-refractivity contribution in [2.45, 2.75) is 32.2 Å². The normalized spacial score (nSPS) is 17.1. The molecule has 2 aromatic heterocycles. The second-order valence-corrected chi connectivity index (χ2v) is 6.51. The van der Waals surface area contributed by atoms with Crippen LogP contribution in [0, 0.1) is 6.92 Å². The minimum Gasteiger partial charge on any atom is -0.484 e. The summed E-state index contributed by atoms with van der Waals surface area (Å²) in [5, 5.41) is 7.21. The molecule has 0 saturated carbocycles. The van der Waals surface area contributed by atoms with Crippen molar-refractivity contribution in [2.75, 3.05) is 13.2 Å². The number of ether oxygens (including phenoxy) is 1. The van der Waals surface area contributed by atoms with Gasteiger partial charge in [0.25, 0.3) is 5.91 Å². The maximum absolute atomic E-state index is 12.8. The topological polar surface area (TPSA) is 97.1 Å². The van der Waals surface area contributed by atoms with E-state index in [-0.39, 0.29) is 18.6 Å². The Kier molecular flexibility index (Phi) is 4.86. The number of carbonyl (C=O) groups is 1. The van der Waals surface area contributed by atoms with E-state index in [1.54, 1.807) is 0 Å². The zero-order chi connectivity index (χ0) is 18.6. The highest BCUT2D eigenvalue weighted by Crippen LogP contribution is 2.30. The van der Waals surface area contributed by atoms with E-state index >= 15 is 0 Å². The first-order chi connectivity index (χ1) is 13.2. The average Bonchev–Trinajstić information content (AvgIpc) is 3.35. The number of rotatable bonds is 5. The number of nitrogens with zero attached hydrogens (tertiary/aromatic N) is 4. The first-order valence-electron chi connectivity index (χ1n) is 9.02. The lowest BCUT2D eigenvalue weighted by molar-refractivity contribution is -0.137. The maximum atomic E-state index is 12.8. The largest absolute Gasteiger partial charge is 0.484 e. The molecule has 8 nitrogen and oxygen atoms in total. The van der Waals surface area contributed by atoms with Gasteiger partial charge in [0.05, 0.1) is 11.7 Å². The molecule has 0 unspecified atom stereocenters. The van der Waals surface area contributed by atoms with Gasteiger partial charge in [0.2, 0.25) is 5.82 Å². The van der Waals surface area contributed by atoms with E-state index in [0.29, 0.717) is 29.7 Å². The van der Waals surface area contributed by atoms with Gasteiger partial charge in [0.1, 0.15) is 11.6 Å². The number of para-hydroxylation sites is 1. The molecule has 1 aliphatic rings.